The van der Waals surface area contributed by atoms with Crippen molar-refractivity contribution in [2.75, 3.05) is 10.2 Å². The second-order valence-electron chi connectivity index (χ2n) is 7.80. The Morgan fingerprint density at radius 3 is 2.16 bits per heavy atom. The number of halogens is 1. The van der Waals surface area contributed by atoms with E-state index in [-0.39, 0.29) is 17.4 Å². The van der Waals surface area contributed by atoms with Gasteiger partial charge in [-0.2, -0.15) is 0 Å². The number of benzene rings is 3. The zero-order chi connectivity index (χ0) is 22.8. The summed E-state index contributed by atoms with van der Waals surface area (Å²) in [4.78, 5) is 28.0. The minimum Gasteiger partial charge on any atom is -0.491 e. The minimum absolute atomic E-state index is 0.00700. The summed E-state index contributed by atoms with van der Waals surface area (Å²) in [6.45, 7) is 5.75. The van der Waals surface area contributed by atoms with Crippen LogP contribution in [-0.4, -0.2) is 17.9 Å². The van der Waals surface area contributed by atoms with Crippen LogP contribution in [0.3, 0.4) is 0 Å². The van der Waals surface area contributed by atoms with E-state index in [0.717, 1.165) is 10.5 Å². The largest absolute Gasteiger partial charge is 0.491 e. The Morgan fingerprint density at radius 2 is 1.53 bits per heavy atom. The third kappa shape index (κ3) is 4.12. The van der Waals surface area contributed by atoms with Gasteiger partial charge in [0.05, 0.1) is 17.4 Å². The summed E-state index contributed by atoms with van der Waals surface area (Å²) in [5.74, 6) is -0.727. The maximum Gasteiger partial charge on any atom is 0.282 e. The number of hydrogen-bond donors (Lipinski definition) is 1. The first-order chi connectivity index (χ1) is 15.3. The average molecular weight is 430 g/mol. The van der Waals surface area contributed by atoms with Gasteiger partial charge in [-0.3, -0.25) is 9.59 Å². The van der Waals surface area contributed by atoms with Gasteiger partial charge >= 0.3 is 0 Å². The molecular formula is C26H23FN2O3. The van der Waals surface area contributed by atoms with E-state index < -0.39 is 17.6 Å². The van der Waals surface area contributed by atoms with Crippen molar-refractivity contribution in [3.8, 4) is 5.75 Å². The van der Waals surface area contributed by atoms with Crippen molar-refractivity contribution in [3.63, 3.8) is 0 Å². The molecule has 3 aromatic carbocycles. The molecule has 0 unspecified atom stereocenters. The van der Waals surface area contributed by atoms with E-state index >= 15 is 0 Å². The van der Waals surface area contributed by atoms with Crippen LogP contribution in [0, 0.1) is 12.7 Å². The molecule has 162 valence electrons. The van der Waals surface area contributed by atoms with Crippen LogP contribution in [0.5, 0.6) is 5.75 Å². The molecule has 1 aliphatic rings. The zero-order valence-electron chi connectivity index (χ0n) is 18.1. The second kappa shape index (κ2) is 8.67. The maximum atomic E-state index is 13.5. The minimum atomic E-state index is -0.477. The SMILES string of the molecule is Cc1ccccc1NC1=C(c2ccc(F)cc2)C(=O)N(c2ccc(OC(C)C)cc2)C1=O. The molecule has 0 spiro atoms. The van der Waals surface area contributed by atoms with Crippen molar-refractivity contribution >= 4 is 28.8 Å². The van der Waals surface area contributed by atoms with E-state index in [1.807, 2.05) is 45.0 Å². The highest BCUT2D eigenvalue weighted by Crippen LogP contribution is 2.35. The molecule has 0 aromatic heterocycles. The molecule has 0 saturated carbocycles. The molecule has 3 aromatic rings. The highest BCUT2D eigenvalue weighted by molar-refractivity contribution is 6.46. The van der Waals surface area contributed by atoms with Gasteiger partial charge in [-0.05, 0) is 74.4 Å². The number of anilines is 2. The van der Waals surface area contributed by atoms with Crippen molar-refractivity contribution < 1.29 is 18.7 Å². The lowest BCUT2D eigenvalue weighted by molar-refractivity contribution is -0.120. The number of nitrogens with zero attached hydrogens (tertiary/aromatic N) is 1. The van der Waals surface area contributed by atoms with Gasteiger partial charge in [0.1, 0.15) is 17.3 Å². The molecule has 1 N–H and O–H groups in total. The molecule has 1 aliphatic heterocycles. The summed E-state index contributed by atoms with van der Waals surface area (Å²) in [5, 5.41) is 3.14. The molecule has 2 amide bonds. The van der Waals surface area contributed by atoms with Gasteiger partial charge in [0.2, 0.25) is 0 Å². The summed E-state index contributed by atoms with van der Waals surface area (Å²) in [7, 11) is 0. The Labute approximate surface area is 186 Å². The number of nitrogens with one attached hydrogen (secondary N) is 1. The Hall–Kier alpha value is -3.93. The highest BCUT2D eigenvalue weighted by Gasteiger charge is 2.40. The molecule has 0 fully saturated rings. The number of carbonyl (C=O) groups is 2. The highest BCUT2D eigenvalue weighted by atomic mass is 19.1. The first kappa shape index (κ1) is 21.3. The molecule has 0 bridgehead atoms. The normalized spacial score (nSPS) is 13.8. The number of para-hydroxylation sites is 1. The van der Waals surface area contributed by atoms with Crippen molar-refractivity contribution in [1.82, 2.24) is 0 Å². The lowest BCUT2D eigenvalue weighted by Crippen LogP contribution is -2.32. The zero-order valence-corrected chi connectivity index (χ0v) is 18.1. The Morgan fingerprint density at radius 1 is 0.875 bits per heavy atom. The number of rotatable bonds is 6. The monoisotopic (exact) mass is 430 g/mol. The van der Waals surface area contributed by atoms with E-state index in [1.54, 1.807) is 24.3 Å². The fourth-order valence-electron chi connectivity index (χ4n) is 3.56. The quantitative estimate of drug-likeness (QED) is 0.538. The van der Waals surface area contributed by atoms with Gasteiger partial charge in [0.25, 0.3) is 11.8 Å². The lowest BCUT2D eigenvalue weighted by Gasteiger charge is -2.17. The Bertz CT molecular complexity index is 1200. The summed E-state index contributed by atoms with van der Waals surface area (Å²) in [6.07, 6.45) is 0.00700. The van der Waals surface area contributed by atoms with Crippen molar-refractivity contribution in [2.45, 2.75) is 26.9 Å². The molecule has 0 atom stereocenters. The van der Waals surface area contributed by atoms with Crippen molar-refractivity contribution in [2.24, 2.45) is 0 Å². The summed E-state index contributed by atoms with van der Waals surface area (Å²) >= 11 is 0. The van der Waals surface area contributed by atoms with Crippen LogP contribution >= 0.6 is 0 Å². The third-order valence-electron chi connectivity index (χ3n) is 5.09. The number of ether oxygens (including phenoxy) is 1. The second-order valence-corrected chi connectivity index (χ2v) is 7.80. The number of carbonyl (C=O) groups excluding carboxylic acids is 2. The lowest BCUT2D eigenvalue weighted by atomic mass is 10.0. The molecule has 0 radical (unpaired) electrons. The van der Waals surface area contributed by atoms with E-state index in [9.17, 15) is 14.0 Å². The molecular weight excluding hydrogens is 407 g/mol. The predicted molar refractivity (Wildman–Crippen MR) is 123 cm³/mol. The molecule has 1 heterocycles. The molecule has 4 rings (SSSR count). The first-order valence-electron chi connectivity index (χ1n) is 10.3. The van der Waals surface area contributed by atoms with Crippen molar-refractivity contribution in [3.05, 3.63) is 95.4 Å². The Balaban J connectivity index is 1.76. The summed E-state index contributed by atoms with van der Waals surface area (Å²) in [6, 6.07) is 19.8. The molecule has 32 heavy (non-hydrogen) atoms. The third-order valence-corrected chi connectivity index (χ3v) is 5.09. The van der Waals surface area contributed by atoms with Gasteiger partial charge < -0.3 is 10.1 Å². The van der Waals surface area contributed by atoms with Crippen LogP contribution in [0.4, 0.5) is 15.8 Å². The van der Waals surface area contributed by atoms with Gasteiger partial charge in [-0.15, -0.1) is 0 Å². The van der Waals surface area contributed by atoms with Crippen LogP contribution in [0.25, 0.3) is 5.57 Å². The van der Waals surface area contributed by atoms with E-state index in [4.69, 9.17) is 4.74 Å². The first-order valence-corrected chi connectivity index (χ1v) is 10.3. The van der Waals surface area contributed by atoms with Crippen LogP contribution in [-0.2, 0) is 9.59 Å². The number of hydrogen-bond acceptors (Lipinski definition) is 4. The topological polar surface area (TPSA) is 58.6 Å². The van der Waals surface area contributed by atoms with Gasteiger partial charge in [0.15, 0.2) is 0 Å². The van der Waals surface area contributed by atoms with Gasteiger partial charge in [0, 0.05) is 5.69 Å². The van der Waals surface area contributed by atoms with Crippen LogP contribution in [0.15, 0.2) is 78.5 Å². The van der Waals surface area contributed by atoms with Gasteiger partial charge in [-0.25, -0.2) is 9.29 Å². The van der Waals surface area contributed by atoms with Gasteiger partial charge in [-0.1, -0.05) is 30.3 Å². The standard InChI is InChI=1S/C26H23FN2O3/c1-16(2)32-21-14-12-20(13-15-21)29-25(30)23(18-8-10-19(27)11-9-18)24(26(29)31)28-22-7-5-4-6-17(22)3/h4-16,28H,1-3H3. The van der Waals surface area contributed by atoms with Crippen LogP contribution in [0.1, 0.15) is 25.0 Å². The maximum absolute atomic E-state index is 13.5. The van der Waals surface area contributed by atoms with Crippen LogP contribution < -0.4 is 15.0 Å². The van der Waals surface area contributed by atoms with Crippen LogP contribution in [0.2, 0.25) is 0 Å². The fraction of sp³-hybridized carbons (Fsp3) is 0.154. The Kier molecular flexibility index (Phi) is 5.77. The number of aryl methyl sites for hydroxylation is 1. The molecule has 6 heteroatoms. The van der Waals surface area contributed by atoms with E-state index in [0.29, 0.717) is 22.7 Å². The molecule has 5 nitrogen and oxygen atoms in total. The van der Waals surface area contributed by atoms with Crippen molar-refractivity contribution in [1.29, 1.82) is 0 Å². The van der Waals surface area contributed by atoms with E-state index in [2.05, 4.69) is 5.32 Å². The fourth-order valence-corrected chi connectivity index (χ4v) is 3.56. The number of imide groups is 1. The molecule has 0 saturated heterocycles. The number of amides is 2. The molecule has 0 aliphatic carbocycles. The summed E-state index contributed by atoms with van der Waals surface area (Å²) in [5.41, 5.74) is 2.87. The van der Waals surface area contributed by atoms with E-state index in [1.165, 1.54) is 24.3 Å². The average Bonchev–Trinajstić information content (AvgIpc) is 3.00. The predicted octanol–water partition coefficient (Wildman–Crippen LogP) is 5.32. The summed E-state index contributed by atoms with van der Waals surface area (Å²) < 4.78 is 19.2. The smallest absolute Gasteiger partial charge is 0.282 e.